The van der Waals surface area contributed by atoms with Gasteiger partial charge in [0.05, 0.1) is 16.3 Å². The lowest BCUT2D eigenvalue weighted by molar-refractivity contribution is -0.112. The maximum Gasteiger partial charge on any atom is 0.335 e. The fourth-order valence-corrected chi connectivity index (χ4v) is 2.16. The molecule has 2 aromatic rings. The SMILES string of the molecule is N#C/C(=C\c1ccc(C(=O)O)cc1)C(=O)Nc1cc(Cl)ccc1Cl. The largest absolute Gasteiger partial charge is 0.478 e. The average Bonchev–Trinajstić information content (AvgIpc) is 2.56. The molecule has 0 heterocycles. The first-order chi connectivity index (χ1) is 11.4. The van der Waals surface area contributed by atoms with Gasteiger partial charge in [-0.2, -0.15) is 5.26 Å². The van der Waals surface area contributed by atoms with Gasteiger partial charge in [0.2, 0.25) is 0 Å². The zero-order valence-corrected chi connectivity index (χ0v) is 13.6. The third-order valence-electron chi connectivity index (χ3n) is 3.01. The lowest BCUT2D eigenvalue weighted by Gasteiger charge is -2.07. The van der Waals surface area contributed by atoms with Gasteiger partial charge in [0, 0.05) is 5.02 Å². The molecule has 0 aliphatic rings. The normalized spacial score (nSPS) is 10.8. The molecule has 0 spiro atoms. The van der Waals surface area contributed by atoms with E-state index in [4.69, 9.17) is 28.3 Å². The minimum atomic E-state index is -1.06. The molecule has 0 radical (unpaired) electrons. The molecule has 0 aliphatic heterocycles. The molecule has 0 atom stereocenters. The Morgan fingerprint density at radius 1 is 1.12 bits per heavy atom. The van der Waals surface area contributed by atoms with Crippen molar-refractivity contribution in [2.75, 3.05) is 5.32 Å². The number of carboxylic acid groups (broad SMARTS) is 1. The van der Waals surface area contributed by atoms with E-state index in [2.05, 4.69) is 5.32 Å². The molecule has 2 aromatic carbocycles. The fourth-order valence-electron chi connectivity index (χ4n) is 1.82. The standard InChI is InChI=1S/C17H10Cl2N2O3/c18-13-5-6-14(19)15(8-13)21-16(22)12(9-20)7-10-1-3-11(4-2-10)17(23)24/h1-8H,(H,21,22)(H,23,24)/b12-7+. The van der Waals surface area contributed by atoms with Crippen LogP contribution in [0.3, 0.4) is 0 Å². The van der Waals surface area contributed by atoms with Gasteiger partial charge >= 0.3 is 5.97 Å². The summed E-state index contributed by atoms with van der Waals surface area (Å²) >= 11 is 11.8. The van der Waals surface area contributed by atoms with E-state index in [1.54, 1.807) is 12.1 Å². The Balaban J connectivity index is 2.24. The summed E-state index contributed by atoms with van der Waals surface area (Å²) in [4.78, 5) is 23.0. The number of hydrogen-bond donors (Lipinski definition) is 2. The Labute approximate surface area is 147 Å². The van der Waals surface area contributed by atoms with Crippen LogP contribution in [0, 0.1) is 11.3 Å². The van der Waals surface area contributed by atoms with Crippen LogP contribution >= 0.6 is 23.2 Å². The molecular formula is C17H10Cl2N2O3. The first-order valence-electron chi connectivity index (χ1n) is 6.62. The molecule has 0 aliphatic carbocycles. The molecule has 0 bridgehead atoms. The van der Waals surface area contributed by atoms with E-state index in [-0.39, 0.29) is 21.8 Å². The molecule has 0 aromatic heterocycles. The van der Waals surface area contributed by atoms with Crippen molar-refractivity contribution >= 4 is 46.8 Å². The van der Waals surface area contributed by atoms with Crippen molar-refractivity contribution in [1.29, 1.82) is 5.26 Å². The second kappa shape index (κ2) is 7.64. The van der Waals surface area contributed by atoms with Gasteiger partial charge in [-0.1, -0.05) is 35.3 Å². The number of nitriles is 1. The van der Waals surface area contributed by atoms with Crippen molar-refractivity contribution in [1.82, 2.24) is 0 Å². The molecule has 0 saturated heterocycles. The Morgan fingerprint density at radius 3 is 2.38 bits per heavy atom. The minimum absolute atomic E-state index is 0.112. The number of halogens is 2. The van der Waals surface area contributed by atoms with Crippen LogP contribution in [0.5, 0.6) is 0 Å². The Bertz CT molecular complexity index is 868. The van der Waals surface area contributed by atoms with Gasteiger partial charge in [0.25, 0.3) is 5.91 Å². The zero-order chi connectivity index (χ0) is 17.7. The second-order valence-electron chi connectivity index (χ2n) is 4.68. The number of amides is 1. The first-order valence-corrected chi connectivity index (χ1v) is 7.38. The molecule has 0 saturated carbocycles. The van der Waals surface area contributed by atoms with Gasteiger partial charge in [-0.3, -0.25) is 4.79 Å². The number of carbonyl (C=O) groups is 2. The van der Waals surface area contributed by atoms with E-state index >= 15 is 0 Å². The van der Waals surface area contributed by atoms with Gasteiger partial charge in [-0.25, -0.2) is 4.79 Å². The highest BCUT2D eigenvalue weighted by atomic mass is 35.5. The topological polar surface area (TPSA) is 90.2 Å². The number of hydrogen-bond acceptors (Lipinski definition) is 3. The maximum atomic E-state index is 12.2. The molecule has 0 unspecified atom stereocenters. The van der Waals surface area contributed by atoms with Gasteiger partial charge in [0.1, 0.15) is 11.6 Å². The summed E-state index contributed by atoms with van der Waals surface area (Å²) in [7, 11) is 0. The summed E-state index contributed by atoms with van der Waals surface area (Å²) in [5.41, 5.74) is 0.760. The van der Waals surface area contributed by atoms with E-state index in [0.29, 0.717) is 10.6 Å². The van der Waals surface area contributed by atoms with E-state index in [1.165, 1.54) is 42.5 Å². The molecule has 2 rings (SSSR count). The summed E-state index contributed by atoms with van der Waals surface area (Å²) in [6, 6.07) is 12.1. The average molecular weight is 361 g/mol. The summed E-state index contributed by atoms with van der Waals surface area (Å²) in [5, 5.41) is 21.2. The Morgan fingerprint density at radius 2 is 1.79 bits per heavy atom. The summed E-state index contributed by atoms with van der Waals surface area (Å²) < 4.78 is 0. The molecule has 2 N–H and O–H groups in total. The van der Waals surface area contributed by atoms with Gasteiger partial charge in [0.15, 0.2) is 0 Å². The van der Waals surface area contributed by atoms with Crippen LogP contribution in [0.15, 0.2) is 48.0 Å². The Kier molecular flexibility index (Phi) is 5.59. The fraction of sp³-hybridized carbons (Fsp3) is 0. The summed E-state index contributed by atoms with van der Waals surface area (Å²) in [6.07, 6.45) is 1.35. The van der Waals surface area contributed by atoms with E-state index < -0.39 is 11.9 Å². The predicted molar refractivity (Wildman–Crippen MR) is 92.1 cm³/mol. The highest BCUT2D eigenvalue weighted by Gasteiger charge is 2.12. The number of rotatable bonds is 4. The lowest BCUT2D eigenvalue weighted by Crippen LogP contribution is -2.13. The monoisotopic (exact) mass is 360 g/mol. The van der Waals surface area contributed by atoms with Crippen LogP contribution < -0.4 is 5.32 Å². The molecule has 1 amide bonds. The van der Waals surface area contributed by atoms with Gasteiger partial charge < -0.3 is 10.4 Å². The predicted octanol–water partition coefficient (Wildman–Crippen LogP) is 4.24. The molecule has 120 valence electrons. The summed E-state index contributed by atoms with van der Waals surface area (Å²) in [5.74, 6) is -1.71. The molecule has 24 heavy (non-hydrogen) atoms. The van der Waals surface area contributed by atoms with Crippen molar-refractivity contribution in [3.05, 3.63) is 69.2 Å². The lowest BCUT2D eigenvalue weighted by atomic mass is 10.1. The number of nitrogens with one attached hydrogen (secondary N) is 1. The molecule has 0 fully saturated rings. The van der Waals surface area contributed by atoms with Crippen molar-refractivity contribution in [3.63, 3.8) is 0 Å². The van der Waals surface area contributed by atoms with Crippen molar-refractivity contribution < 1.29 is 14.7 Å². The third kappa shape index (κ3) is 4.35. The van der Waals surface area contributed by atoms with E-state index in [9.17, 15) is 14.9 Å². The quantitative estimate of drug-likeness (QED) is 0.630. The second-order valence-corrected chi connectivity index (χ2v) is 5.52. The van der Waals surface area contributed by atoms with Crippen LogP contribution in [0.25, 0.3) is 6.08 Å². The van der Waals surface area contributed by atoms with Crippen LogP contribution in [0.2, 0.25) is 10.0 Å². The number of carbonyl (C=O) groups excluding carboxylic acids is 1. The van der Waals surface area contributed by atoms with Crippen LogP contribution in [0.4, 0.5) is 5.69 Å². The number of aromatic carboxylic acids is 1. The molecule has 5 nitrogen and oxygen atoms in total. The van der Waals surface area contributed by atoms with Crippen LogP contribution in [0.1, 0.15) is 15.9 Å². The zero-order valence-electron chi connectivity index (χ0n) is 12.1. The first kappa shape index (κ1) is 17.5. The number of benzene rings is 2. The van der Waals surface area contributed by atoms with Gasteiger partial charge in [-0.05, 0) is 42.0 Å². The number of nitrogens with zero attached hydrogens (tertiary/aromatic N) is 1. The maximum absolute atomic E-state index is 12.2. The van der Waals surface area contributed by atoms with Crippen molar-refractivity contribution in [2.24, 2.45) is 0 Å². The third-order valence-corrected chi connectivity index (χ3v) is 3.58. The van der Waals surface area contributed by atoms with E-state index in [0.717, 1.165) is 0 Å². The number of anilines is 1. The smallest absolute Gasteiger partial charge is 0.335 e. The van der Waals surface area contributed by atoms with Crippen LogP contribution in [-0.2, 0) is 4.79 Å². The van der Waals surface area contributed by atoms with Crippen molar-refractivity contribution in [3.8, 4) is 6.07 Å². The minimum Gasteiger partial charge on any atom is -0.478 e. The Hall–Kier alpha value is -2.81. The van der Waals surface area contributed by atoms with Crippen LogP contribution in [-0.4, -0.2) is 17.0 Å². The molecule has 7 heteroatoms. The van der Waals surface area contributed by atoms with Crippen molar-refractivity contribution in [2.45, 2.75) is 0 Å². The van der Waals surface area contributed by atoms with E-state index in [1.807, 2.05) is 0 Å². The number of carboxylic acids is 1. The van der Waals surface area contributed by atoms with Gasteiger partial charge in [-0.15, -0.1) is 0 Å². The molecular weight excluding hydrogens is 351 g/mol. The highest BCUT2D eigenvalue weighted by Crippen LogP contribution is 2.26. The highest BCUT2D eigenvalue weighted by molar-refractivity contribution is 6.36. The summed E-state index contributed by atoms with van der Waals surface area (Å²) in [6.45, 7) is 0.